The highest BCUT2D eigenvalue weighted by Crippen LogP contribution is 2.17. The molecule has 1 aliphatic heterocycles. The van der Waals surface area contributed by atoms with Crippen LogP contribution in [0.15, 0.2) is 53.4 Å². The quantitative estimate of drug-likeness (QED) is 0.855. The topological polar surface area (TPSA) is 66.5 Å². The molecule has 2 aromatic rings. The number of amides is 1. The van der Waals surface area contributed by atoms with Gasteiger partial charge in [-0.2, -0.15) is 0 Å². The molecule has 0 spiro atoms. The first-order valence-electron chi connectivity index (χ1n) is 9.40. The van der Waals surface area contributed by atoms with Crippen molar-refractivity contribution in [3.8, 4) is 0 Å². The van der Waals surface area contributed by atoms with E-state index < -0.39 is 10.0 Å². The molecule has 0 aliphatic carbocycles. The molecule has 0 atom stereocenters. The number of nitrogens with zero attached hydrogens (tertiary/aromatic N) is 1. The fourth-order valence-corrected chi connectivity index (χ4v) is 4.28. The van der Waals surface area contributed by atoms with Gasteiger partial charge in [0.1, 0.15) is 0 Å². The van der Waals surface area contributed by atoms with Gasteiger partial charge >= 0.3 is 0 Å². The maximum absolute atomic E-state index is 12.8. The molecule has 0 unspecified atom stereocenters. The maximum atomic E-state index is 12.8. The molecule has 1 amide bonds. The number of nitrogens with one attached hydrogen (secondary N) is 1. The van der Waals surface area contributed by atoms with E-state index in [1.807, 2.05) is 36.1 Å². The Kier molecular flexibility index (Phi) is 6.29. The number of hydrogen-bond acceptors (Lipinski definition) is 3. The second-order valence-electron chi connectivity index (χ2n) is 7.04. The van der Waals surface area contributed by atoms with Crippen molar-refractivity contribution in [2.75, 3.05) is 13.1 Å². The number of sulfonamides is 1. The van der Waals surface area contributed by atoms with E-state index in [1.54, 1.807) is 12.1 Å². The van der Waals surface area contributed by atoms with Gasteiger partial charge < -0.3 is 4.90 Å². The van der Waals surface area contributed by atoms with Crippen LogP contribution in [-0.4, -0.2) is 32.3 Å². The van der Waals surface area contributed by atoms with Crippen LogP contribution >= 0.6 is 0 Å². The van der Waals surface area contributed by atoms with Gasteiger partial charge in [-0.3, -0.25) is 4.79 Å². The van der Waals surface area contributed by atoms with Gasteiger partial charge in [-0.1, -0.05) is 48.7 Å². The summed E-state index contributed by atoms with van der Waals surface area (Å²) in [5, 5.41) is 0. The number of carbonyl (C=O) groups is 1. The molecule has 144 valence electrons. The Morgan fingerprint density at radius 2 is 1.67 bits per heavy atom. The van der Waals surface area contributed by atoms with Crippen molar-refractivity contribution < 1.29 is 13.2 Å². The third-order valence-electron chi connectivity index (χ3n) is 4.87. The van der Waals surface area contributed by atoms with Crippen LogP contribution in [0.5, 0.6) is 0 Å². The number of hydrogen-bond donors (Lipinski definition) is 1. The van der Waals surface area contributed by atoms with E-state index in [-0.39, 0.29) is 17.3 Å². The Hall–Kier alpha value is -2.18. The molecule has 1 aliphatic rings. The third-order valence-corrected chi connectivity index (χ3v) is 6.27. The lowest BCUT2D eigenvalue weighted by Gasteiger charge is -2.20. The lowest BCUT2D eigenvalue weighted by molar-refractivity contribution is 0.0761. The fourth-order valence-electron chi connectivity index (χ4n) is 3.22. The van der Waals surface area contributed by atoms with E-state index in [4.69, 9.17) is 0 Å². The minimum atomic E-state index is -3.68. The van der Waals surface area contributed by atoms with Gasteiger partial charge in [0.25, 0.3) is 5.91 Å². The molecule has 1 N–H and O–H groups in total. The standard InChI is InChI=1S/C21H26N2O3S/c1-17-9-11-18(12-10-17)16-22-27(25,26)20-8-6-7-19(15-20)21(24)23-13-4-2-3-5-14-23/h6-12,15,22H,2-5,13-14,16H2,1H3. The second kappa shape index (κ2) is 8.67. The molecule has 1 saturated heterocycles. The number of carbonyl (C=O) groups excluding carboxylic acids is 1. The predicted octanol–water partition coefficient (Wildman–Crippen LogP) is 3.49. The van der Waals surface area contributed by atoms with E-state index in [0.717, 1.165) is 49.9 Å². The number of rotatable bonds is 5. The van der Waals surface area contributed by atoms with Crippen LogP contribution < -0.4 is 4.72 Å². The summed E-state index contributed by atoms with van der Waals surface area (Å²) in [6.07, 6.45) is 4.28. The van der Waals surface area contributed by atoms with Gasteiger partial charge in [0, 0.05) is 25.2 Å². The Morgan fingerprint density at radius 3 is 2.33 bits per heavy atom. The smallest absolute Gasteiger partial charge is 0.253 e. The van der Waals surface area contributed by atoms with Gasteiger partial charge in [0.15, 0.2) is 0 Å². The van der Waals surface area contributed by atoms with E-state index in [2.05, 4.69) is 4.72 Å². The second-order valence-corrected chi connectivity index (χ2v) is 8.81. The lowest BCUT2D eigenvalue weighted by atomic mass is 10.2. The summed E-state index contributed by atoms with van der Waals surface area (Å²) in [4.78, 5) is 14.7. The Balaban J connectivity index is 1.73. The predicted molar refractivity (Wildman–Crippen MR) is 106 cm³/mol. The van der Waals surface area contributed by atoms with E-state index in [9.17, 15) is 13.2 Å². The highest BCUT2D eigenvalue weighted by atomic mass is 32.2. The SMILES string of the molecule is Cc1ccc(CNS(=O)(=O)c2cccc(C(=O)N3CCCCCC3)c2)cc1. The van der Waals surface area contributed by atoms with E-state index in [1.165, 1.54) is 12.1 Å². The molecule has 0 saturated carbocycles. The lowest BCUT2D eigenvalue weighted by Crippen LogP contribution is -2.32. The molecule has 1 heterocycles. The molecule has 1 fully saturated rings. The minimum Gasteiger partial charge on any atom is -0.339 e. The Bertz CT molecular complexity index is 884. The fraction of sp³-hybridized carbons (Fsp3) is 0.381. The highest BCUT2D eigenvalue weighted by Gasteiger charge is 2.20. The van der Waals surface area contributed by atoms with Crippen LogP contribution in [0, 0.1) is 6.92 Å². The minimum absolute atomic E-state index is 0.0903. The van der Waals surface area contributed by atoms with Crippen LogP contribution in [0.2, 0.25) is 0 Å². The van der Waals surface area contributed by atoms with Gasteiger partial charge in [0.05, 0.1) is 4.90 Å². The van der Waals surface area contributed by atoms with Crippen LogP contribution in [0.1, 0.15) is 47.2 Å². The molecule has 3 rings (SSSR count). The maximum Gasteiger partial charge on any atom is 0.253 e. The zero-order chi connectivity index (χ0) is 19.3. The van der Waals surface area contributed by atoms with Gasteiger partial charge in [-0.05, 0) is 43.5 Å². The molecule has 0 bridgehead atoms. The van der Waals surface area contributed by atoms with Crippen LogP contribution in [0.3, 0.4) is 0 Å². The zero-order valence-electron chi connectivity index (χ0n) is 15.6. The summed E-state index contributed by atoms with van der Waals surface area (Å²) in [5.41, 5.74) is 2.44. The van der Waals surface area contributed by atoms with Crippen LogP contribution in [0.25, 0.3) is 0 Å². The summed E-state index contributed by atoms with van der Waals surface area (Å²) < 4.78 is 27.9. The van der Waals surface area contributed by atoms with Gasteiger partial charge in [-0.25, -0.2) is 13.1 Å². The number of likely N-dealkylation sites (tertiary alicyclic amines) is 1. The zero-order valence-corrected chi connectivity index (χ0v) is 16.5. The van der Waals surface area contributed by atoms with Crippen molar-refractivity contribution in [3.63, 3.8) is 0 Å². The average molecular weight is 387 g/mol. The first kappa shape index (κ1) is 19.6. The normalized spacial score (nSPS) is 15.4. The van der Waals surface area contributed by atoms with Crippen molar-refractivity contribution in [2.45, 2.75) is 44.0 Å². The molecule has 27 heavy (non-hydrogen) atoms. The largest absolute Gasteiger partial charge is 0.339 e. The summed E-state index contributed by atoms with van der Waals surface area (Å²) in [5.74, 6) is -0.0903. The summed E-state index contributed by atoms with van der Waals surface area (Å²) in [6, 6.07) is 14.0. The van der Waals surface area contributed by atoms with Crippen molar-refractivity contribution in [2.24, 2.45) is 0 Å². The number of aryl methyl sites for hydroxylation is 1. The van der Waals surface area contributed by atoms with E-state index >= 15 is 0 Å². The van der Waals surface area contributed by atoms with Crippen molar-refractivity contribution >= 4 is 15.9 Å². The van der Waals surface area contributed by atoms with Crippen molar-refractivity contribution in [3.05, 3.63) is 65.2 Å². The highest BCUT2D eigenvalue weighted by molar-refractivity contribution is 7.89. The first-order valence-corrected chi connectivity index (χ1v) is 10.9. The molecule has 6 heteroatoms. The number of benzene rings is 2. The Labute approximate surface area is 161 Å². The molecule has 0 aromatic heterocycles. The average Bonchev–Trinajstić information content (AvgIpc) is 2.97. The third kappa shape index (κ3) is 5.17. The molecular weight excluding hydrogens is 360 g/mol. The molecular formula is C21H26N2O3S. The summed E-state index contributed by atoms with van der Waals surface area (Å²) in [6.45, 7) is 3.68. The van der Waals surface area contributed by atoms with Crippen molar-refractivity contribution in [1.29, 1.82) is 0 Å². The van der Waals surface area contributed by atoms with Gasteiger partial charge in [0.2, 0.25) is 10.0 Å². The molecule has 5 nitrogen and oxygen atoms in total. The van der Waals surface area contributed by atoms with Crippen LogP contribution in [0.4, 0.5) is 0 Å². The first-order chi connectivity index (χ1) is 13.0. The van der Waals surface area contributed by atoms with E-state index in [0.29, 0.717) is 5.56 Å². The molecule has 2 aromatic carbocycles. The summed E-state index contributed by atoms with van der Waals surface area (Å²) in [7, 11) is -3.68. The monoisotopic (exact) mass is 386 g/mol. The van der Waals surface area contributed by atoms with Crippen LogP contribution in [-0.2, 0) is 16.6 Å². The van der Waals surface area contributed by atoms with Gasteiger partial charge in [-0.15, -0.1) is 0 Å². The van der Waals surface area contributed by atoms with Crippen molar-refractivity contribution in [1.82, 2.24) is 9.62 Å². The Morgan fingerprint density at radius 1 is 1.00 bits per heavy atom. The molecule has 0 radical (unpaired) electrons. The summed E-state index contributed by atoms with van der Waals surface area (Å²) >= 11 is 0.